The molecule has 2 aromatic carbocycles. The van der Waals surface area contributed by atoms with E-state index in [1.807, 2.05) is 6.92 Å². The fourth-order valence-electron chi connectivity index (χ4n) is 3.22. The zero-order chi connectivity index (χ0) is 21.3. The van der Waals surface area contributed by atoms with Gasteiger partial charge in [0, 0.05) is 12.6 Å². The van der Waals surface area contributed by atoms with Crippen molar-refractivity contribution in [2.24, 2.45) is 0 Å². The van der Waals surface area contributed by atoms with Gasteiger partial charge in [0.25, 0.3) is 10.0 Å². The van der Waals surface area contributed by atoms with Crippen LogP contribution in [-0.2, 0) is 23.0 Å². The SMILES string of the molecule is CCc1nnc2c(S(=O)(=O)N(Cc3cccc(F)c3)c3ccc(F)cc3)cccn12. The van der Waals surface area contributed by atoms with Crippen LogP contribution in [0.4, 0.5) is 14.5 Å². The van der Waals surface area contributed by atoms with Gasteiger partial charge in [-0.05, 0) is 54.1 Å². The highest BCUT2D eigenvalue weighted by Gasteiger charge is 2.29. The Kier molecular flexibility index (Phi) is 5.21. The Morgan fingerprint density at radius 1 is 0.967 bits per heavy atom. The van der Waals surface area contributed by atoms with Crippen LogP contribution >= 0.6 is 0 Å². The third-order valence-corrected chi connectivity index (χ3v) is 6.48. The molecule has 0 atom stereocenters. The number of anilines is 1. The van der Waals surface area contributed by atoms with Crippen molar-refractivity contribution in [3.63, 3.8) is 0 Å². The fourth-order valence-corrected chi connectivity index (χ4v) is 4.80. The third-order valence-electron chi connectivity index (χ3n) is 4.68. The van der Waals surface area contributed by atoms with Crippen LogP contribution < -0.4 is 4.31 Å². The van der Waals surface area contributed by atoms with Crippen molar-refractivity contribution in [2.45, 2.75) is 24.8 Å². The molecule has 0 saturated heterocycles. The first-order valence-electron chi connectivity index (χ1n) is 9.25. The van der Waals surface area contributed by atoms with E-state index in [-0.39, 0.29) is 22.8 Å². The topological polar surface area (TPSA) is 67.6 Å². The number of aryl methyl sites for hydroxylation is 1. The molecule has 0 spiro atoms. The second-order valence-corrected chi connectivity index (χ2v) is 8.48. The van der Waals surface area contributed by atoms with Crippen LogP contribution in [0, 0.1) is 11.6 Å². The highest BCUT2D eigenvalue weighted by molar-refractivity contribution is 7.93. The van der Waals surface area contributed by atoms with Crippen LogP contribution in [0.5, 0.6) is 0 Å². The number of benzene rings is 2. The van der Waals surface area contributed by atoms with Gasteiger partial charge in [-0.25, -0.2) is 17.2 Å². The summed E-state index contributed by atoms with van der Waals surface area (Å²) in [6.07, 6.45) is 2.28. The molecule has 0 aliphatic rings. The molecule has 0 saturated carbocycles. The van der Waals surface area contributed by atoms with E-state index in [4.69, 9.17) is 0 Å². The van der Waals surface area contributed by atoms with Gasteiger partial charge in [0.05, 0.1) is 12.2 Å². The molecule has 2 heterocycles. The highest BCUT2D eigenvalue weighted by Crippen LogP contribution is 2.28. The highest BCUT2D eigenvalue weighted by atomic mass is 32.2. The summed E-state index contributed by atoms with van der Waals surface area (Å²) < 4.78 is 57.2. The van der Waals surface area contributed by atoms with Gasteiger partial charge in [-0.3, -0.25) is 8.71 Å². The van der Waals surface area contributed by atoms with Crippen molar-refractivity contribution in [1.82, 2.24) is 14.6 Å². The molecule has 0 bridgehead atoms. The minimum atomic E-state index is -4.13. The van der Waals surface area contributed by atoms with Gasteiger partial charge in [0.2, 0.25) is 0 Å². The smallest absolute Gasteiger partial charge is 0.268 e. The van der Waals surface area contributed by atoms with Gasteiger partial charge in [0.15, 0.2) is 5.65 Å². The van der Waals surface area contributed by atoms with Crippen molar-refractivity contribution in [1.29, 1.82) is 0 Å². The Bertz CT molecular complexity index is 1300. The second kappa shape index (κ2) is 7.83. The van der Waals surface area contributed by atoms with Crippen LogP contribution in [0.3, 0.4) is 0 Å². The minimum Gasteiger partial charge on any atom is -0.285 e. The summed E-state index contributed by atoms with van der Waals surface area (Å²) in [5, 5.41) is 8.11. The molecule has 0 fully saturated rings. The van der Waals surface area contributed by atoms with Gasteiger partial charge in [-0.15, -0.1) is 10.2 Å². The summed E-state index contributed by atoms with van der Waals surface area (Å²) >= 11 is 0. The summed E-state index contributed by atoms with van der Waals surface area (Å²) in [6.45, 7) is 1.76. The summed E-state index contributed by atoms with van der Waals surface area (Å²) in [5.41, 5.74) is 0.893. The van der Waals surface area contributed by atoms with E-state index in [0.717, 1.165) is 4.31 Å². The Morgan fingerprint density at radius 2 is 1.73 bits per heavy atom. The normalized spacial score (nSPS) is 11.7. The lowest BCUT2D eigenvalue weighted by atomic mass is 10.2. The Hall–Kier alpha value is -3.33. The first-order valence-corrected chi connectivity index (χ1v) is 10.7. The standard InChI is InChI=1S/C21H18F2N4O2S/c1-2-20-24-25-21-19(7-4-12-26(20)21)30(28,29)27(18-10-8-16(22)9-11-18)14-15-5-3-6-17(23)13-15/h3-13H,2,14H2,1H3. The number of fused-ring (bicyclic) bond motifs is 1. The summed E-state index contributed by atoms with van der Waals surface area (Å²) in [6, 6.07) is 13.8. The number of hydrogen-bond donors (Lipinski definition) is 0. The van der Waals surface area contributed by atoms with Crippen molar-refractivity contribution in [3.05, 3.63) is 89.9 Å². The maximum atomic E-state index is 13.7. The molecule has 6 nitrogen and oxygen atoms in total. The number of pyridine rings is 1. The minimum absolute atomic E-state index is 0.0436. The maximum absolute atomic E-state index is 13.7. The molecule has 4 aromatic rings. The number of aromatic nitrogens is 3. The van der Waals surface area contributed by atoms with Crippen molar-refractivity contribution in [2.75, 3.05) is 4.31 Å². The lowest BCUT2D eigenvalue weighted by molar-refractivity contribution is 0.589. The van der Waals surface area contributed by atoms with E-state index in [1.54, 1.807) is 22.7 Å². The molecule has 154 valence electrons. The quantitative estimate of drug-likeness (QED) is 0.466. The third kappa shape index (κ3) is 3.63. The Balaban J connectivity index is 1.87. The molecule has 9 heteroatoms. The van der Waals surface area contributed by atoms with E-state index >= 15 is 0 Å². The molecule has 2 aromatic heterocycles. The molecule has 4 rings (SSSR count). The largest absolute Gasteiger partial charge is 0.285 e. The van der Waals surface area contributed by atoms with Gasteiger partial charge in [0.1, 0.15) is 22.4 Å². The fraction of sp³-hybridized carbons (Fsp3) is 0.143. The number of rotatable bonds is 6. The second-order valence-electron chi connectivity index (χ2n) is 6.65. The Labute approximate surface area is 172 Å². The van der Waals surface area contributed by atoms with E-state index in [0.29, 0.717) is 17.8 Å². The van der Waals surface area contributed by atoms with Gasteiger partial charge < -0.3 is 0 Å². The molecule has 0 amide bonds. The van der Waals surface area contributed by atoms with Gasteiger partial charge in [-0.2, -0.15) is 0 Å². The zero-order valence-electron chi connectivity index (χ0n) is 16.0. The van der Waals surface area contributed by atoms with E-state index < -0.39 is 21.7 Å². The predicted molar refractivity (Wildman–Crippen MR) is 109 cm³/mol. The molecular weight excluding hydrogens is 410 g/mol. The predicted octanol–water partition coefficient (Wildman–Crippen LogP) is 3.97. The van der Waals surface area contributed by atoms with Crippen LogP contribution in [0.1, 0.15) is 18.3 Å². The average Bonchev–Trinajstić information content (AvgIpc) is 3.16. The van der Waals surface area contributed by atoms with E-state index in [9.17, 15) is 17.2 Å². The summed E-state index contributed by atoms with van der Waals surface area (Å²) in [5.74, 6) is -0.342. The molecular formula is C21H18F2N4O2S. The van der Waals surface area contributed by atoms with E-state index in [2.05, 4.69) is 10.2 Å². The first-order chi connectivity index (χ1) is 14.4. The Morgan fingerprint density at radius 3 is 2.43 bits per heavy atom. The summed E-state index contributed by atoms with van der Waals surface area (Å²) in [7, 11) is -4.13. The molecule has 0 unspecified atom stereocenters. The molecule has 0 aliphatic carbocycles. The van der Waals surface area contributed by atoms with E-state index in [1.165, 1.54) is 48.5 Å². The molecule has 0 aliphatic heterocycles. The number of halogens is 2. The van der Waals surface area contributed by atoms with Crippen LogP contribution in [0.25, 0.3) is 5.65 Å². The monoisotopic (exact) mass is 428 g/mol. The molecule has 0 N–H and O–H groups in total. The van der Waals surface area contributed by atoms with Crippen LogP contribution in [0.15, 0.2) is 71.8 Å². The van der Waals surface area contributed by atoms with Gasteiger partial charge >= 0.3 is 0 Å². The zero-order valence-corrected chi connectivity index (χ0v) is 16.9. The van der Waals surface area contributed by atoms with Gasteiger partial charge in [-0.1, -0.05) is 19.1 Å². The average molecular weight is 428 g/mol. The first kappa shape index (κ1) is 20.0. The molecule has 30 heavy (non-hydrogen) atoms. The van der Waals surface area contributed by atoms with Crippen molar-refractivity contribution in [3.8, 4) is 0 Å². The number of nitrogens with zero attached hydrogens (tertiary/aromatic N) is 4. The van der Waals surface area contributed by atoms with Crippen LogP contribution in [-0.4, -0.2) is 23.0 Å². The number of sulfonamides is 1. The maximum Gasteiger partial charge on any atom is 0.268 e. The summed E-state index contributed by atoms with van der Waals surface area (Å²) in [4.78, 5) is -0.0436. The van der Waals surface area contributed by atoms with Crippen molar-refractivity contribution >= 4 is 21.4 Å². The van der Waals surface area contributed by atoms with Crippen LogP contribution in [0.2, 0.25) is 0 Å². The lowest BCUT2D eigenvalue weighted by Crippen LogP contribution is -2.31. The lowest BCUT2D eigenvalue weighted by Gasteiger charge is -2.25. The van der Waals surface area contributed by atoms with Crippen molar-refractivity contribution < 1.29 is 17.2 Å². The molecule has 0 radical (unpaired) electrons. The number of hydrogen-bond acceptors (Lipinski definition) is 4.